The molecule has 0 unspecified atom stereocenters. The number of hydrogen-bond acceptors (Lipinski definition) is 5. The van der Waals surface area contributed by atoms with Gasteiger partial charge in [0.05, 0.1) is 5.39 Å². The molecule has 0 aliphatic carbocycles. The van der Waals surface area contributed by atoms with Gasteiger partial charge in [-0.15, -0.1) is 0 Å². The number of fused-ring (bicyclic) bond motifs is 4. The van der Waals surface area contributed by atoms with E-state index in [1.165, 1.54) is 4.68 Å². The predicted octanol–water partition coefficient (Wildman–Crippen LogP) is 5.32. The molecule has 0 N–H and O–H groups in total. The third kappa shape index (κ3) is 3.36. The molecule has 2 heterocycles. The van der Waals surface area contributed by atoms with Crippen LogP contribution in [0.25, 0.3) is 32.7 Å². The first-order valence-corrected chi connectivity index (χ1v) is 10.3. The van der Waals surface area contributed by atoms with E-state index in [0.29, 0.717) is 23.1 Å². The fourth-order valence-corrected chi connectivity index (χ4v) is 3.77. The lowest BCUT2D eigenvalue weighted by Gasteiger charge is -2.10. The number of esters is 1. The molecule has 6 nitrogen and oxygen atoms in total. The molecular formula is C25H20N2O4. The Morgan fingerprint density at radius 1 is 0.935 bits per heavy atom. The van der Waals surface area contributed by atoms with Gasteiger partial charge in [0.2, 0.25) is 0 Å². The molecule has 0 saturated heterocycles. The summed E-state index contributed by atoms with van der Waals surface area (Å²) < 4.78 is 12.9. The fourth-order valence-electron chi connectivity index (χ4n) is 3.77. The largest absolute Gasteiger partial charge is 0.456 e. The molecule has 3 aromatic carbocycles. The second-order valence-corrected chi connectivity index (χ2v) is 7.42. The Balaban J connectivity index is 1.56. The van der Waals surface area contributed by atoms with Crippen LogP contribution in [-0.4, -0.2) is 15.7 Å². The minimum absolute atomic E-state index is 0.128. The summed E-state index contributed by atoms with van der Waals surface area (Å²) in [6.45, 7) is 2.49. The first-order valence-electron chi connectivity index (χ1n) is 10.3. The number of aromatic nitrogens is 2. The summed E-state index contributed by atoms with van der Waals surface area (Å²) in [5, 5.41) is 7.11. The van der Waals surface area contributed by atoms with E-state index in [2.05, 4.69) is 5.10 Å². The van der Waals surface area contributed by atoms with Crippen LogP contribution in [0.4, 0.5) is 0 Å². The average molecular weight is 412 g/mol. The van der Waals surface area contributed by atoms with E-state index in [4.69, 9.17) is 9.15 Å². The number of furan rings is 1. The summed E-state index contributed by atoms with van der Waals surface area (Å²) in [5.74, 6) is -0.213. The summed E-state index contributed by atoms with van der Waals surface area (Å²) in [6.07, 6.45) is 1.71. The smallest absolute Gasteiger partial charge is 0.364 e. The monoisotopic (exact) mass is 412 g/mol. The van der Waals surface area contributed by atoms with Crippen LogP contribution in [0.15, 0.2) is 75.9 Å². The average Bonchev–Trinajstić information content (AvgIpc) is 3.17. The number of hydrogen-bond donors (Lipinski definition) is 0. The number of para-hydroxylation sites is 1. The van der Waals surface area contributed by atoms with E-state index in [1.807, 2.05) is 31.2 Å². The summed E-state index contributed by atoms with van der Waals surface area (Å²) in [4.78, 5) is 25.8. The van der Waals surface area contributed by atoms with Crippen molar-refractivity contribution >= 4 is 38.7 Å². The number of aryl methyl sites for hydroxylation is 1. The van der Waals surface area contributed by atoms with Crippen molar-refractivity contribution in [1.82, 2.24) is 9.78 Å². The Labute approximate surface area is 177 Å². The van der Waals surface area contributed by atoms with Crippen molar-refractivity contribution < 1.29 is 13.9 Å². The molecule has 0 spiro atoms. The molecule has 154 valence electrons. The van der Waals surface area contributed by atoms with Crippen LogP contribution in [0.1, 0.15) is 30.3 Å². The number of nitrogens with zero attached hydrogens (tertiary/aromatic N) is 2. The normalized spacial score (nSPS) is 11.4. The molecule has 31 heavy (non-hydrogen) atoms. The van der Waals surface area contributed by atoms with Crippen molar-refractivity contribution in [1.29, 1.82) is 0 Å². The molecule has 0 amide bonds. The quantitative estimate of drug-likeness (QED) is 0.289. The molecule has 0 saturated carbocycles. The molecule has 0 radical (unpaired) electrons. The summed E-state index contributed by atoms with van der Waals surface area (Å²) >= 11 is 0. The van der Waals surface area contributed by atoms with E-state index in [9.17, 15) is 9.59 Å². The highest BCUT2D eigenvalue weighted by molar-refractivity contribution is 6.06. The van der Waals surface area contributed by atoms with Gasteiger partial charge in [0.15, 0.2) is 5.69 Å². The SMILES string of the molecule is CCCCn1nc(C(=O)Oc2ccc3oc4ccccc4c3c2)c2ccccc2c1=O. The van der Waals surface area contributed by atoms with Crippen LogP contribution in [-0.2, 0) is 6.54 Å². The second-order valence-electron chi connectivity index (χ2n) is 7.42. The maximum atomic E-state index is 13.1. The van der Waals surface area contributed by atoms with Crippen LogP contribution < -0.4 is 10.3 Å². The van der Waals surface area contributed by atoms with Gasteiger partial charge in [0.1, 0.15) is 16.9 Å². The molecule has 2 aromatic heterocycles. The van der Waals surface area contributed by atoms with Crippen molar-refractivity contribution in [3.8, 4) is 5.75 Å². The van der Waals surface area contributed by atoms with Crippen molar-refractivity contribution in [2.24, 2.45) is 0 Å². The molecular weight excluding hydrogens is 392 g/mol. The highest BCUT2D eigenvalue weighted by Crippen LogP contribution is 2.31. The zero-order valence-electron chi connectivity index (χ0n) is 17.0. The van der Waals surface area contributed by atoms with Gasteiger partial charge in [-0.05, 0) is 36.8 Å². The third-order valence-electron chi connectivity index (χ3n) is 5.34. The number of rotatable bonds is 5. The first-order chi connectivity index (χ1) is 15.2. The highest BCUT2D eigenvalue weighted by Gasteiger charge is 2.19. The molecule has 0 bridgehead atoms. The van der Waals surface area contributed by atoms with Gasteiger partial charge in [0, 0.05) is 22.7 Å². The van der Waals surface area contributed by atoms with Crippen LogP contribution >= 0.6 is 0 Å². The van der Waals surface area contributed by atoms with Crippen molar-refractivity contribution in [3.05, 3.63) is 82.8 Å². The third-order valence-corrected chi connectivity index (χ3v) is 5.34. The second kappa shape index (κ2) is 7.72. The van der Waals surface area contributed by atoms with Crippen molar-refractivity contribution in [2.75, 3.05) is 0 Å². The van der Waals surface area contributed by atoms with E-state index in [1.54, 1.807) is 42.5 Å². The van der Waals surface area contributed by atoms with Gasteiger partial charge >= 0.3 is 5.97 Å². The topological polar surface area (TPSA) is 74.3 Å². The molecule has 0 aliphatic rings. The minimum atomic E-state index is -0.603. The number of carbonyl (C=O) groups is 1. The molecule has 0 fully saturated rings. The Morgan fingerprint density at radius 3 is 2.45 bits per heavy atom. The van der Waals surface area contributed by atoms with Gasteiger partial charge in [-0.2, -0.15) is 5.10 Å². The summed E-state index contributed by atoms with van der Waals surface area (Å²) in [6, 6.07) is 20.0. The van der Waals surface area contributed by atoms with Gasteiger partial charge < -0.3 is 9.15 Å². The molecule has 6 heteroatoms. The van der Waals surface area contributed by atoms with E-state index >= 15 is 0 Å². The number of benzene rings is 3. The number of carbonyl (C=O) groups excluding carboxylic acids is 1. The van der Waals surface area contributed by atoms with Crippen molar-refractivity contribution in [2.45, 2.75) is 26.3 Å². The first kappa shape index (κ1) is 19.1. The summed E-state index contributed by atoms with van der Waals surface area (Å²) in [7, 11) is 0. The van der Waals surface area contributed by atoms with Gasteiger partial charge in [-0.3, -0.25) is 4.79 Å². The van der Waals surface area contributed by atoms with Crippen LogP contribution in [0.2, 0.25) is 0 Å². The number of unbranched alkanes of at least 4 members (excludes halogenated alkanes) is 1. The molecule has 5 aromatic rings. The lowest BCUT2D eigenvalue weighted by molar-refractivity contribution is 0.0728. The molecule has 0 atom stereocenters. The van der Waals surface area contributed by atoms with E-state index < -0.39 is 5.97 Å². The maximum Gasteiger partial charge on any atom is 0.364 e. The van der Waals surface area contributed by atoms with Gasteiger partial charge in [-0.25, -0.2) is 9.48 Å². The Hall–Kier alpha value is -3.93. The lowest BCUT2D eigenvalue weighted by Crippen LogP contribution is -2.27. The molecule has 0 aliphatic heterocycles. The number of ether oxygens (including phenoxy) is 1. The van der Waals surface area contributed by atoms with Gasteiger partial charge in [0.25, 0.3) is 5.56 Å². The highest BCUT2D eigenvalue weighted by atomic mass is 16.5. The van der Waals surface area contributed by atoms with Crippen LogP contribution in [0, 0.1) is 0 Å². The Kier molecular flexibility index (Phi) is 4.75. The zero-order valence-corrected chi connectivity index (χ0v) is 17.0. The van der Waals surface area contributed by atoms with Crippen LogP contribution in [0.3, 0.4) is 0 Å². The zero-order chi connectivity index (χ0) is 21.4. The Bertz CT molecular complexity index is 1500. The minimum Gasteiger partial charge on any atom is -0.456 e. The Morgan fingerprint density at radius 2 is 1.65 bits per heavy atom. The summed E-state index contributed by atoms with van der Waals surface area (Å²) in [5.41, 5.74) is 1.42. The van der Waals surface area contributed by atoms with E-state index in [-0.39, 0.29) is 11.3 Å². The van der Waals surface area contributed by atoms with Crippen LogP contribution in [0.5, 0.6) is 5.75 Å². The molecule has 5 rings (SSSR count). The van der Waals surface area contributed by atoms with E-state index in [0.717, 1.165) is 34.8 Å². The standard InChI is InChI=1S/C25H20N2O4/c1-2-3-14-27-24(28)19-10-5-4-9-18(19)23(26-27)25(29)30-16-12-13-22-20(15-16)17-8-6-7-11-21(17)31-22/h4-13,15H,2-3,14H2,1H3. The maximum absolute atomic E-state index is 13.1. The van der Waals surface area contributed by atoms with Crippen molar-refractivity contribution in [3.63, 3.8) is 0 Å². The lowest BCUT2D eigenvalue weighted by atomic mass is 10.1. The van der Waals surface area contributed by atoms with Gasteiger partial charge in [-0.1, -0.05) is 49.7 Å². The fraction of sp³-hybridized carbons (Fsp3) is 0.160. The predicted molar refractivity (Wildman–Crippen MR) is 120 cm³/mol.